The summed E-state index contributed by atoms with van der Waals surface area (Å²) in [5.41, 5.74) is 2.80. The van der Waals surface area contributed by atoms with Crippen LogP contribution in [0.4, 0.5) is 0 Å². The standard InChI is InChI=1S/C28H42O7/c1-28-10-9-23-22-6-5-21(29)17-20(22)16-19(27(23)24(28)7-8-25(28)30)4-2-3-11-33-12-13-34-14-15-35-18-26(31)32/h5-6,17,19,23-25,27,29-30H,2-4,7-16,18H2,1H3,(H,31,32)/t19-,23+,24-,25-,27+,28-/m0/s1. The SMILES string of the molecule is C[C@]12CC[C@@H]3c4ccc(O)cc4C[C@H](CCCCOCCOCCOCC(=O)O)[C@H]3[C@@H]1CC[C@@H]2O. The van der Waals surface area contributed by atoms with Crippen LogP contribution < -0.4 is 0 Å². The number of carbonyl (C=O) groups is 1. The lowest BCUT2D eigenvalue weighted by molar-refractivity contribution is -0.142. The van der Waals surface area contributed by atoms with E-state index in [0.29, 0.717) is 55.8 Å². The molecule has 1 aromatic rings. The predicted molar refractivity (Wildman–Crippen MR) is 132 cm³/mol. The summed E-state index contributed by atoms with van der Waals surface area (Å²) in [6.45, 7) is 4.38. The molecule has 4 rings (SSSR count). The van der Waals surface area contributed by atoms with Crippen molar-refractivity contribution < 1.29 is 34.3 Å². The van der Waals surface area contributed by atoms with Crippen molar-refractivity contribution >= 4 is 5.97 Å². The van der Waals surface area contributed by atoms with Crippen molar-refractivity contribution in [2.45, 2.75) is 70.3 Å². The van der Waals surface area contributed by atoms with Crippen LogP contribution in [0, 0.1) is 23.2 Å². The highest BCUT2D eigenvalue weighted by atomic mass is 16.5. The minimum absolute atomic E-state index is 0.0512. The molecular formula is C28H42O7. The van der Waals surface area contributed by atoms with Crippen LogP contribution in [0.15, 0.2) is 18.2 Å². The maximum atomic E-state index is 10.8. The van der Waals surface area contributed by atoms with E-state index in [1.165, 1.54) is 11.1 Å². The van der Waals surface area contributed by atoms with Crippen molar-refractivity contribution in [3.8, 4) is 5.75 Å². The molecule has 3 aliphatic rings. The number of phenolic OH excluding ortho intramolecular Hbond substituents is 1. The van der Waals surface area contributed by atoms with Crippen LogP contribution in [0.5, 0.6) is 5.75 Å². The van der Waals surface area contributed by atoms with Gasteiger partial charge in [-0.25, -0.2) is 4.79 Å². The number of aliphatic carboxylic acids is 1. The molecule has 0 aliphatic heterocycles. The first-order valence-electron chi connectivity index (χ1n) is 13.3. The first-order valence-corrected chi connectivity index (χ1v) is 13.3. The number of unbranched alkanes of at least 4 members (excludes halogenated alkanes) is 1. The van der Waals surface area contributed by atoms with E-state index in [0.717, 1.165) is 51.4 Å². The summed E-state index contributed by atoms with van der Waals surface area (Å²) in [4.78, 5) is 10.4. The Bertz CT molecular complexity index is 843. The van der Waals surface area contributed by atoms with Crippen LogP contribution in [0.1, 0.15) is 68.9 Å². The second-order valence-electron chi connectivity index (χ2n) is 10.9. The summed E-state index contributed by atoms with van der Waals surface area (Å²) in [5.74, 6) is 1.70. The predicted octanol–water partition coefficient (Wildman–Crippen LogP) is 4.14. The summed E-state index contributed by atoms with van der Waals surface area (Å²) in [6, 6.07) is 5.98. The number of fused-ring (bicyclic) bond motifs is 5. The lowest BCUT2D eigenvalue weighted by atomic mass is 9.52. The molecule has 7 heteroatoms. The number of benzene rings is 1. The number of aliphatic hydroxyl groups is 1. The highest BCUT2D eigenvalue weighted by Gasteiger charge is 2.56. The van der Waals surface area contributed by atoms with Gasteiger partial charge in [-0.1, -0.05) is 19.4 Å². The zero-order valence-electron chi connectivity index (χ0n) is 21.0. The zero-order valence-corrected chi connectivity index (χ0v) is 21.0. The fourth-order valence-electron chi connectivity index (χ4n) is 7.24. The summed E-state index contributed by atoms with van der Waals surface area (Å²) in [7, 11) is 0. The first-order chi connectivity index (χ1) is 16.9. The third kappa shape index (κ3) is 6.19. The second-order valence-corrected chi connectivity index (χ2v) is 10.9. The molecule has 0 unspecified atom stereocenters. The van der Waals surface area contributed by atoms with Crippen LogP contribution in [-0.4, -0.2) is 67.0 Å². The molecular weight excluding hydrogens is 448 g/mol. The molecule has 0 radical (unpaired) electrons. The molecule has 0 aromatic heterocycles. The van der Waals surface area contributed by atoms with Crippen LogP contribution in [0.3, 0.4) is 0 Å². The number of carboxylic acids is 1. The van der Waals surface area contributed by atoms with Gasteiger partial charge in [-0.05, 0) is 97.3 Å². The minimum Gasteiger partial charge on any atom is -0.508 e. The largest absolute Gasteiger partial charge is 0.508 e. The highest BCUT2D eigenvalue weighted by molar-refractivity contribution is 5.67. The number of rotatable bonds is 13. The molecule has 35 heavy (non-hydrogen) atoms. The molecule has 2 fully saturated rings. The van der Waals surface area contributed by atoms with E-state index in [2.05, 4.69) is 13.0 Å². The molecule has 2 saturated carbocycles. The number of carboxylic acid groups (broad SMARTS) is 1. The average molecular weight is 491 g/mol. The quantitative estimate of drug-likeness (QED) is 0.357. The summed E-state index contributed by atoms with van der Waals surface area (Å²) >= 11 is 0. The molecule has 3 aliphatic carbocycles. The fourth-order valence-corrected chi connectivity index (χ4v) is 7.24. The normalized spacial score (nSPS) is 31.5. The molecule has 0 bridgehead atoms. The third-order valence-corrected chi connectivity index (χ3v) is 8.92. The van der Waals surface area contributed by atoms with Crippen molar-refractivity contribution in [2.24, 2.45) is 23.2 Å². The monoisotopic (exact) mass is 490 g/mol. The number of aliphatic hydroxyl groups excluding tert-OH is 1. The van der Waals surface area contributed by atoms with E-state index in [-0.39, 0.29) is 24.7 Å². The Hall–Kier alpha value is -1.67. The Morgan fingerprint density at radius 2 is 1.77 bits per heavy atom. The smallest absolute Gasteiger partial charge is 0.329 e. The van der Waals surface area contributed by atoms with E-state index in [4.69, 9.17) is 19.3 Å². The average Bonchev–Trinajstić information content (AvgIpc) is 3.13. The molecule has 0 amide bonds. The summed E-state index contributed by atoms with van der Waals surface area (Å²) in [6.07, 6.45) is 8.41. The molecule has 0 heterocycles. The Morgan fingerprint density at radius 1 is 1.03 bits per heavy atom. The van der Waals surface area contributed by atoms with Crippen LogP contribution in [-0.2, 0) is 25.4 Å². The van der Waals surface area contributed by atoms with Gasteiger partial charge in [-0.3, -0.25) is 0 Å². The maximum Gasteiger partial charge on any atom is 0.329 e. The molecule has 0 spiro atoms. The van der Waals surface area contributed by atoms with Crippen molar-refractivity contribution in [3.63, 3.8) is 0 Å². The van der Waals surface area contributed by atoms with Gasteiger partial charge in [0.2, 0.25) is 0 Å². The lowest BCUT2D eigenvalue weighted by Gasteiger charge is -2.53. The van der Waals surface area contributed by atoms with Crippen LogP contribution >= 0.6 is 0 Å². The van der Waals surface area contributed by atoms with Gasteiger partial charge in [0.15, 0.2) is 0 Å². The Labute approximate surface area is 208 Å². The molecule has 0 saturated heterocycles. The summed E-state index contributed by atoms with van der Waals surface area (Å²) < 4.78 is 16.0. The van der Waals surface area contributed by atoms with E-state index in [9.17, 15) is 15.0 Å². The molecule has 1 aromatic carbocycles. The van der Waals surface area contributed by atoms with Crippen LogP contribution in [0.25, 0.3) is 0 Å². The second kappa shape index (κ2) is 12.0. The van der Waals surface area contributed by atoms with Crippen LogP contribution in [0.2, 0.25) is 0 Å². The first kappa shape index (κ1) is 26.4. The van der Waals surface area contributed by atoms with Gasteiger partial charge in [-0.2, -0.15) is 0 Å². The fraction of sp³-hybridized carbons (Fsp3) is 0.750. The molecule has 7 nitrogen and oxygen atoms in total. The maximum absolute atomic E-state index is 10.8. The van der Waals surface area contributed by atoms with E-state index in [1.54, 1.807) is 0 Å². The topological polar surface area (TPSA) is 105 Å². The van der Waals surface area contributed by atoms with Gasteiger partial charge >= 0.3 is 5.97 Å². The Morgan fingerprint density at radius 3 is 2.54 bits per heavy atom. The lowest BCUT2D eigenvalue weighted by Crippen LogP contribution is -2.47. The van der Waals surface area contributed by atoms with Gasteiger partial charge in [0, 0.05) is 6.61 Å². The summed E-state index contributed by atoms with van der Waals surface area (Å²) in [5, 5.41) is 29.4. The van der Waals surface area contributed by atoms with E-state index < -0.39 is 5.97 Å². The van der Waals surface area contributed by atoms with Gasteiger partial charge < -0.3 is 29.5 Å². The van der Waals surface area contributed by atoms with Gasteiger partial charge in [0.1, 0.15) is 12.4 Å². The molecule has 3 N–H and O–H groups in total. The highest BCUT2D eigenvalue weighted by Crippen LogP contribution is 2.62. The van der Waals surface area contributed by atoms with Gasteiger partial charge in [0.05, 0.1) is 32.5 Å². The van der Waals surface area contributed by atoms with E-state index >= 15 is 0 Å². The number of hydrogen-bond acceptors (Lipinski definition) is 6. The van der Waals surface area contributed by atoms with Crippen molar-refractivity contribution in [2.75, 3.05) is 39.6 Å². The third-order valence-electron chi connectivity index (χ3n) is 8.92. The molecule has 196 valence electrons. The number of ether oxygens (including phenoxy) is 3. The number of phenols is 1. The van der Waals surface area contributed by atoms with Gasteiger partial charge in [0.25, 0.3) is 0 Å². The minimum atomic E-state index is -0.974. The van der Waals surface area contributed by atoms with E-state index in [1.807, 2.05) is 12.1 Å². The number of aromatic hydroxyl groups is 1. The van der Waals surface area contributed by atoms with Gasteiger partial charge in [-0.15, -0.1) is 0 Å². The zero-order chi connectivity index (χ0) is 24.8. The van der Waals surface area contributed by atoms with Crippen molar-refractivity contribution in [1.82, 2.24) is 0 Å². The van der Waals surface area contributed by atoms with Crippen molar-refractivity contribution in [3.05, 3.63) is 29.3 Å². The Kier molecular flexibility index (Phi) is 9.08. The Balaban J connectivity index is 1.24. The molecule has 6 atom stereocenters. The number of hydrogen-bond donors (Lipinski definition) is 3. The van der Waals surface area contributed by atoms with Crippen molar-refractivity contribution in [1.29, 1.82) is 0 Å².